The first kappa shape index (κ1) is 19.1. The summed E-state index contributed by atoms with van der Waals surface area (Å²) in [5.41, 5.74) is 2.34. The molecule has 25 heavy (non-hydrogen) atoms. The predicted molar refractivity (Wildman–Crippen MR) is 95.6 cm³/mol. The van der Waals surface area contributed by atoms with Crippen molar-refractivity contribution in [1.29, 1.82) is 0 Å². The third-order valence-corrected chi connectivity index (χ3v) is 5.08. The van der Waals surface area contributed by atoms with Gasteiger partial charge in [0.25, 0.3) is 5.91 Å². The first-order valence-corrected chi connectivity index (χ1v) is 9.36. The lowest BCUT2D eigenvalue weighted by Crippen LogP contribution is -2.33. The maximum absolute atomic E-state index is 12.9. The number of hydrogen-bond acceptors (Lipinski definition) is 4. The number of benzene rings is 2. The second-order valence-corrected chi connectivity index (χ2v) is 7.43. The molecule has 0 bridgehead atoms. The van der Waals surface area contributed by atoms with Crippen LogP contribution in [-0.2, 0) is 16.6 Å². The van der Waals surface area contributed by atoms with Crippen LogP contribution in [0.25, 0.3) is 0 Å². The summed E-state index contributed by atoms with van der Waals surface area (Å²) in [5, 5.41) is 14.5. The summed E-state index contributed by atoms with van der Waals surface area (Å²) < 4.78 is 23.6. The average Bonchev–Trinajstić information content (AvgIpc) is 2.56. The number of rotatable bonds is 6. The van der Waals surface area contributed by atoms with Gasteiger partial charge in [-0.25, -0.2) is 13.6 Å². The van der Waals surface area contributed by atoms with E-state index in [4.69, 9.17) is 5.14 Å². The topological polar surface area (TPSA) is 101 Å². The summed E-state index contributed by atoms with van der Waals surface area (Å²) in [7, 11) is -3.93. The van der Waals surface area contributed by atoms with Crippen LogP contribution in [0.3, 0.4) is 0 Å². The molecule has 0 aliphatic rings. The predicted octanol–water partition coefficient (Wildman–Crippen LogP) is 1.59. The zero-order valence-electron chi connectivity index (χ0n) is 14.3. The molecule has 0 radical (unpaired) electrons. The Morgan fingerprint density at radius 1 is 1.16 bits per heavy atom. The Morgan fingerprint density at radius 3 is 2.36 bits per heavy atom. The number of carbonyl (C=O) groups excluding carboxylic acids is 1. The summed E-state index contributed by atoms with van der Waals surface area (Å²) in [5.74, 6) is -0.356. The Morgan fingerprint density at radius 2 is 1.80 bits per heavy atom. The maximum Gasteiger partial charge on any atom is 0.254 e. The molecule has 0 saturated carbocycles. The number of nitrogens with two attached hydrogens (primary N) is 1. The fourth-order valence-electron chi connectivity index (χ4n) is 2.61. The summed E-state index contributed by atoms with van der Waals surface area (Å²) in [6, 6.07) is 12.3. The molecule has 2 aromatic carbocycles. The molecule has 0 aromatic heterocycles. The van der Waals surface area contributed by atoms with Crippen LogP contribution >= 0.6 is 0 Å². The van der Waals surface area contributed by atoms with Gasteiger partial charge in [-0.2, -0.15) is 0 Å². The number of carbonyl (C=O) groups is 1. The van der Waals surface area contributed by atoms with E-state index in [0.29, 0.717) is 17.7 Å². The van der Waals surface area contributed by atoms with Crippen LogP contribution in [0, 0.1) is 13.8 Å². The Kier molecular flexibility index (Phi) is 5.94. The Bertz CT molecular complexity index is 864. The number of sulfonamides is 1. The van der Waals surface area contributed by atoms with Crippen molar-refractivity contribution in [3.63, 3.8) is 0 Å². The van der Waals surface area contributed by atoms with Crippen LogP contribution in [0.2, 0.25) is 0 Å². The van der Waals surface area contributed by atoms with Gasteiger partial charge in [-0.15, -0.1) is 0 Å². The second-order valence-electron chi connectivity index (χ2n) is 5.90. The van der Waals surface area contributed by atoms with Crippen LogP contribution < -0.4 is 5.14 Å². The Balaban J connectivity index is 2.41. The molecule has 0 spiro atoms. The minimum Gasteiger partial charge on any atom is -0.395 e. The fraction of sp³-hybridized carbons (Fsp3) is 0.278. The summed E-state index contributed by atoms with van der Waals surface area (Å²) in [4.78, 5) is 14.3. The number of aryl methyl sites for hydroxylation is 1. The van der Waals surface area contributed by atoms with E-state index in [9.17, 15) is 18.3 Å². The zero-order chi connectivity index (χ0) is 18.6. The van der Waals surface area contributed by atoms with E-state index in [1.807, 2.05) is 30.3 Å². The van der Waals surface area contributed by atoms with Crippen molar-refractivity contribution >= 4 is 15.9 Å². The normalized spacial score (nSPS) is 11.4. The highest BCUT2D eigenvalue weighted by Gasteiger charge is 2.21. The molecule has 0 aliphatic heterocycles. The first-order valence-electron chi connectivity index (χ1n) is 7.82. The number of aliphatic hydroxyl groups excluding tert-OH is 1. The van der Waals surface area contributed by atoms with Gasteiger partial charge in [0.05, 0.1) is 11.5 Å². The van der Waals surface area contributed by atoms with Gasteiger partial charge in [-0.3, -0.25) is 4.79 Å². The number of aliphatic hydroxyl groups is 1. The van der Waals surface area contributed by atoms with Crippen molar-refractivity contribution in [3.05, 3.63) is 64.7 Å². The minimum absolute atomic E-state index is 0.0560. The minimum atomic E-state index is -3.93. The quantitative estimate of drug-likeness (QED) is 0.815. The third kappa shape index (κ3) is 4.66. The Hall–Kier alpha value is -2.22. The van der Waals surface area contributed by atoms with Crippen LogP contribution in [0.4, 0.5) is 0 Å². The molecule has 0 saturated heterocycles. The molecular formula is C18H22N2O4S. The highest BCUT2D eigenvalue weighted by atomic mass is 32.2. The molecule has 0 unspecified atom stereocenters. The average molecular weight is 362 g/mol. The van der Waals surface area contributed by atoms with Crippen molar-refractivity contribution in [1.82, 2.24) is 4.90 Å². The Labute approximate surface area is 147 Å². The van der Waals surface area contributed by atoms with E-state index < -0.39 is 10.0 Å². The highest BCUT2D eigenvalue weighted by molar-refractivity contribution is 7.89. The van der Waals surface area contributed by atoms with Crippen molar-refractivity contribution in [2.75, 3.05) is 13.2 Å². The standard InChI is InChI=1S/C18H22N2O4S/c1-13-10-16(11-17(14(13)2)25(19,23)24)18(22)20(8-9-21)12-15-6-4-3-5-7-15/h3-7,10-11,21H,8-9,12H2,1-2H3,(H2,19,23,24). The first-order chi connectivity index (χ1) is 11.7. The van der Waals surface area contributed by atoms with Crippen molar-refractivity contribution in [3.8, 4) is 0 Å². The van der Waals surface area contributed by atoms with Gasteiger partial charge in [0.15, 0.2) is 0 Å². The van der Waals surface area contributed by atoms with Gasteiger partial charge in [0, 0.05) is 18.7 Å². The van der Waals surface area contributed by atoms with Crippen molar-refractivity contribution < 1.29 is 18.3 Å². The summed E-state index contributed by atoms with van der Waals surface area (Å²) >= 11 is 0. The number of nitrogens with zero attached hydrogens (tertiary/aromatic N) is 1. The third-order valence-electron chi connectivity index (χ3n) is 4.05. The number of amides is 1. The number of hydrogen-bond donors (Lipinski definition) is 2. The van der Waals surface area contributed by atoms with Gasteiger partial charge < -0.3 is 10.0 Å². The SMILES string of the molecule is Cc1cc(C(=O)N(CCO)Cc2ccccc2)cc(S(N)(=O)=O)c1C. The van der Waals surface area contributed by atoms with E-state index in [1.165, 1.54) is 11.0 Å². The van der Waals surface area contributed by atoms with Gasteiger partial charge in [-0.05, 0) is 42.7 Å². The summed E-state index contributed by atoms with van der Waals surface area (Å²) in [6.45, 7) is 3.65. The van der Waals surface area contributed by atoms with Gasteiger partial charge in [-0.1, -0.05) is 30.3 Å². The molecule has 0 aliphatic carbocycles. The lowest BCUT2D eigenvalue weighted by Gasteiger charge is -2.23. The van der Waals surface area contributed by atoms with E-state index in [-0.39, 0.29) is 29.5 Å². The number of primary sulfonamides is 1. The van der Waals surface area contributed by atoms with E-state index in [2.05, 4.69) is 0 Å². The molecule has 7 heteroatoms. The van der Waals surface area contributed by atoms with Crippen LogP contribution in [0.15, 0.2) is 47.4 Å². The van der Waals surface area contributed by atoms with E-state index in [1.54, 1.807) is 19.9 Å². The largest absolute Gasteiger partial charge is 0.395 e. The molecular weight excluding hydrogens is 340 g/mol. The molecule has 2 rings (SSSR count). The monoisotopic (exact) mass is 362 g/mol. The molecule has 0 fully saturated rings. The van der Waals surface area contributed by atoms with Crippen LogP contribution in [0.5, 0.6) is 0 Å². The second kappa shape index (κ2) is 7.77. The maximum atomic E-state index is 12.9. The van der Waals surface area contributed by atoms with Crippen LogP contribution in [0.1, 0.15) is 27.0 Å². The van der Waals surface area contributed by atoms with Gasteiger partial charge >= 0.3 is 0 Å². The smallest absolute Gasteiger partial charge is 0.254 e. The molecule has 0 heterocycles. The molecule has 2 aromatic rings. The van der Waals surface area contributed by atoms with E-state index >= 15 is 0 Å². The summed E-state index contributed by atoms with van der Waals surface area (Å²) in [6.07, 6.45) is 0. The highest BCUT2D eigenvalue weighted by Crippen LogP contribution is 2.21. The van der Waals surface area contributed by atoms with Crippen molar-refractivity contribution in [2.45, 2.75) is 25.3 Å². The molecule has 3 N–H and O–H groups in total. The van der Waals surface area contributed by atoms with Crippen molar-refractivity contribution in [2.24, 2.45) is 5.14 Å². The van der Waals surface area contributed by atoms with Gasteiger partial charge in [0.2, 0.25) is 10.0 Å². The zero-order valence-corrected chi connectivity index (χ0v) is 15.1. The molecule has 134 valence electrons. The molecule has 6 nitrogen and oxygen atoms in total. The van der Waals surface area contributed by atoms with Crippen LogP contribution in [-0.4, -0.2) is 37.5 Å². The molecule has 1 amide bonds. The molecule has 0 atom stereocenters. The fourth-order valence-corrected chi connectivity index (χ4v) is 3.48. The van der Waals surface area contributed by atoms with Gasteiger partial charge in [0.1, 0.15) is 0 Å². The van der Waals surface area contributed by atoms with E-state index in [0.717, 1.165) is 5.56 Å². The lowest BCUT2D eigenvalue weighted by molar-refractivity contribution is 0.0707. The lowest BCUT2D eigenvalue weighted by atomic mass is 10.0.